The van der Waals surface area contributed by atoms with E-state index in [1.165, 1.54) is 7.11 Å². The van der Waals surface area contributed by atoms with Crippen molar-refractivity contribution in [2.24, 2.45) is 4.36 Å². The first-order valence-corrected chi connectivity index (χ1v) is 6.83. The van der Waals surface area contributed by atoms with E-state index >= 15 is 0 Å². The summed E-state index contributed by atoms with van der Waals surface area (Å²) in [6.45, 7) is 0. The van der Waals surface area contributed by atoms with Crippen LogP contribution in [0.5, 0.6) is 5.75 Å². The molecule has 0 aliphatic carbocycles. The van der Waals surface area contributed by atoms with Crippen molar-refractivity contribution in [2.75, 3.05) is 18.6 Å². The number of methoxy groups -OCH3 is 1. The van der Waals surface area contributed by atoms with E-state index in [9.17, 15) is 4.21 Å². The third kappa shape index (κ3) is 2.02. The number of hydrogen-bond donors (Lipinski definition) is 0. The van der Waals surface area contributed by atoms with Gasteiger partial charge >= 0.3 is 0 Å². The van der Waals surface area contributed by atoms with Crippen molar-refractivity contribution in [3.05, 3.63) is 23.8 Å². The topological polar surface area (TPSA) is 62.4 Å². The first-order valence-electron chi connectivity index (χ1n) is 4.97. The second kappa shape index (κ2) is 4.14. The highest BCUT2D eigenvalue weighted by atomic mass is 32.2. The van der Waals surface area contributed by atoms with Crippen LogP contribution in [0.2, 0.25) is 0 Å². The minimum atomic E-state index is -2.03. The van der Waals surface area contributed by atoms with Gasteiger partial charge in [-0.15, -0.1) is 0 Å². The van der Waals surface area contributed by atoms with Crippen LogP contribution in [-0.4, -0.2) is 22.8 Å². The maximum absolute atomic E-state index is 11.9. The number of ether oxygens (including phenoxy) is 1. The second-order valence-electron chi connectivity index (χ2n) is 3.62. The third-order valence-corrected chi connectivity index (χ3v) is 4.88. The van der Waals surface area contributed by atoms with Gasteiger partial charge in [0.25, 0.3) is 0 Å². The SMILES string of the molecule is COc1cc(C#N)ccc1N=S1(=O)CCC1. The van der Waals surface area contributed by atoms with E-state index in [-0.39, 0.29) is 0 Å². The Morgan fingerprint density at radius 2 is 2.25 bits per heavy atom. The molecule has 0 N–H and O–H groups in total. The minimum absolute atomic E-state index is 0.508. The molecule has 4 nitrogen and oxygen atoms in total. The largest absolute Gasteiger partial charge is 0.494 e. The Morgan fingerprint density at radius 1 is 1.50 bits per heavy atom. The summed E-state index contributed by atoms with van der Waals surface area (Å²) in [6.07, 6.45) is 0.973. The molecule has 0 unspecified atom stereocenters. The maximum atomic E-state index is 11.9. The zero-order valence-corrected chi connectivity index (χ0v) is 9.79. The molecule has 1 aromatic rings. The Bertz CT molecular complexity index is 556. The lowest BCUT2D eigenvalue weighted by Crippen LogP contribution is -2.23. The Morgan fingerprint density at radius 3 is 2.75 bits per heavy atom. The van der Waals surface area contributed by atoms with Gasteiger partial charge in [0.1, 0.15) is 11.4 Å². The molecule has 0 saturated carbocycles. The molecule has 2 rings (SSSR count). The number of rotatable bonds is 2. The molecule has 1 saturated heterocycles. The van der Waals surface area contributed by atoms with E-state index in [0.29, 0.717) is 28.5 Å². The number of nitrogens with zero attached hydrogens (tertiary/aromatic N) is 2. The third-order valence-electron chi connectivity index (χ3n) is 2.50. The van der Waals surface area contributed by atoms with Gasteiger partial charge in [-0.25, -0.2) is 4.21 Å². The molecule has 1 heterocycles. The molecule has 0 bridgehead atoms. The lowest BCUT2D eigenvalue weighted by Gasteiger charge is -2.18. The van der Waals surface area contributed by atoms with Crippen LogP contribution in [0, 0.1) is 11.3 Å². The number of nitriles is 1. The van der Waals surface area contributed by atoms with Crippen molar-refractivity contribution in [3.63, 3.8) is 0 Å². The van der Waals surface area contributed by atoms with E-state index in [1.54, 1.807) is 18.2 Å². The van der Waals surface area contributed by atoms with Crippen LogP contribution in [0.4, 0.5) is 5.69 Å². The molecule has 0 atom stereocenters. The molecule has 1 aromatic carbocycles. The Labute approximate surface area is 95.0 Å². The molecule has 84 valence electrons. The van der Waals surface area contributed by atoms with Crippen molar-refractivity contribution in [3.8, 4) is 11.8 Å². The molecule has 1 fully saturated rings. The lowest BCUT2D eigenvalue weighted by molar-refractivity contribution is 0.416. The van der Waals surface area contributed by atoms with Crippen LogP contribution in [-0.2, 0) is 9.73 Å². The molecular formula is C11H12N2O2S. The summed E-state index contributed by atoms with van der Waals surface area (Å²) in [6, 6.07) is 6.98. The zero-order valence-electron chi connectivity index (χ0n) is 8.97. The average Bonchev–Trinajstić information content (AvgIpc) is 2.27. The van der Waals surface area contributed by atoms with Gasteiger partial charge in [0.15, 0.2) is 0 Å². The molecule has 0 amide bonds. The lowest BCUT2D eigenvalue weighted by atomic mass is 10.2. The summed E-state index contributed by atoms with van der Waals surface area (Å²) in [4.78, 5) is 0. The zero-order chi connectivity index (χ0) is 11.6. The second-order valence-corrected chi connectivity index (χ2v) is 6.17. The van der Waals surface area contributed by atoms with E-state index in [2.05, 4.69) is 4.36 Å². The monoisotopic (exact) mass is 236 g/mol. The Balaban J connectivity index is 2.46. The Kier molecular flexibility index (Phi) is 2.84. The molecule has 1 aliphatic rings. The van der Waals surface area contributed by atoms with Crippen molar-refractivity contribution in [1.82, 2.24) is 0 Å². The van der Waals surface area contributed by atoms with Crippen LogP contribution in [0.25, 0.3) is 0 Å². The van der Waals surface area contributed by atoms with Gasteiger partial charge in [0, 0.05) is 17.6 Å². The van der Waals surface area contributed by atoms with E-state index in [0.717, 1.165) is 6.42 Å². The molecular weight excluding hydrogens is 224 g/mol. The van der Waals surface area contributed by atoms with Gasteiger partial charge < -0.3 is 4.74 Å². The summed E-state index contributed by atoms with van der Waals surface area (Å²) in [5.74, 6) is 1.83. The van der Waals surface area contributed by atoms with Crippen LogP contribution >= 0.6 is 0 Å². The van der Waals surface area contributed by atoms with E-state index in [1.807, 2.05) is 6.07 Å². The predicted octanol–water partition coefficient (Wildman–Crippen LogP) is 2.07. The van der Waals surface area contributed by atoms with Crippen molar-refractivity contribution in [1.29, 1.82) is 5.26 Å². The molecule has 0 aromatic heterocycles. The fraction of sp³-hybridized carbons (Fsp3) is 0.364. The van der Waals surface area contributed by atoms with Gasteiger partial charge in [-0.05, 0) is 18.6 Å². The first-order chi connectivity index (χ1) is 7.67. The minimum Gasteiger partial charge on any atom is -0.494 e. The van der Waals surface area contributed by atoms with Crippen LogP contribution in [0.1, 0.15) is 12.0 Å². The van der Waals surface area contributed by atoms with E-state index in [4.69, 9.17) is 10.00 Å². The van der Waals surface area contributed by atoms with Crippen molar-refractivity contribution >= 4 is 15.4 Å². The normalized spacial score (nSPS) is 17.0. The van der Waals surface area contributed by atoms with Gasteiger partial charge in [0.2, 0.25) is 0 Å². The molecule has 16 heavy (non-hydrogen) atoms. The first kappa shape index (κ1) is 11.0. The van der Waals surface area contributed by atoms with Gasteiger partial charge in [-0.2, -0.15) is 9.62 Å². The highest BCUT2D eigenvalue weighted by Crippen LogP contribution is 2.31. The highest BCUT2D eigenvalue weighted by molar-refractivity contribution is 7.95. The van der Waals surface area contributed by atoms with Crippen molar-refractivity contribution in [2.45, 2.75) is 6.42 Å². The highest BCUT2D eigenvalue weighted by Gasteiger charge is 2.20. The summed E-state index contributed by atoms with van der Waals surface area (Å²) >= 11 is 0. The summed E-state index contributed by atoms with van der Waals surface area (Å²) in [5, 5.41) is 8.75. The molecule has 0 spiro atoms. The fourth-order valence-corrected chi connectivity index (χ4v) is 2.96. The Hall–Kier alpha value is -1.54. The smallest absolute Gasteiger partial charge is 0.146 e. The average molecular weight is 236 g/mol. The standard InChI is InChI=1S/C11H12N2O2S/c1-15-11-7-9(8-12)3-4-10(11)13-16(14)5-2-6-16/h3-4,7H,2,5-6H2,1H3. The quantitative estimate of drug-likeness (QED) is 0.789. The summed E-state index contributed by atoms with van der Waals surface area (Å²) < 4.78 is 21.3. The summed E-state index contributed by atoms with van der Waals surface area (Å²) in [7, 11) is -0.515. The summed E-state index contributed by atoms with van der Waals surface area (Å²) in [5.41, 5.74) is 1.09. The molecule has 1 aliphatic heterocycles. The van der Waals surface area contributed by atoms with Crippen LogP contribution in [0.3, 0.4) is 0 Å². The molecule has 0 radical (unpaired) electrons. The van der Waals surface area contributed by atoms with Gasteiger partial charge in [0.05, 0.1) is 28.5 Å². The van der Waals surface area contributed by atoms with Crippen LogP contribution < -0.4 is 4.74 Å². The molecule has 5 heteroatoms. The van der Waals surface area contributed by atoms with Crippen LogP contribution in [0.15, 0.2) is 22.6 Å². The van der Waals surface area contributed by atoms with Crippen molar-refractivity contribution < 1.29 is 8.95 Å². The van der Waals surface area contributed by atoms with Gasteiger partial charge in [-0.1, -0.05) is 0 Å². The number of benzene rings is 1. The predicted molar refractivity (Wildman–Crippen MR) is 62.3 cm³/mol. The maximum Gasteiger partial charge on any atom is 0.146 e. The fourth-order valence-electron chi connectivity index (χ4n) is 1.48. The van der Waals surface area contributed by atoms with E-state index < -0.39 is 9.73 Å². The number of hydrogen-bond acceptors (Lipinski definition) is 4. The van der Waals surface area contributed by atoms with Gasteiger partial charge in [-0.3, -0.25) is 0 Å².